The monoisotopic (exact) mass is 487 g/mol. The molecule has 0 radical (unpaired) electrons. The third-order valence-electron chi connectivity index (χ3n) is 6.73. The number of carbonyl (C=O) groups is 1. The highest BCUT2D eigenvalue weighted by atomic mass is 32.2. The van der Waals surface area contributed by atoms with Crippen molar-refractivity contribution >= 4 is 28.1 Å². The number of nitrogens with zero attached hydrogens (tertiary/aromatic N) is 2. The Morgan fingerprint density at radius 1 is 1.15 bits per heavy atom. The second kappa shape index (κ2) is 10.7. The predicted molar refractivity (Wildman–Crippen MR) is 130 cm³/mol. The van der Waals surface area contributed by atoms with Gasteiger partial charge >= 0.3 is 0 Å². The van der Waals surface area contributed by atoms with Crippen LogP contribution in [0.15, 0.2) is 33.7 Å². The van der Waals surface area contributed by atoms with Gasteiger partial charge in [0.25, 0.3) is 0 Å². The molecule has 1 saturated heterocycles. The van der Waals surface area contributed by atoms with Gasteiger partial charge in [-0.3, -0.25) is 4.79 Å². The topological polar surface area (TPSA) is 102 Å². The predicted octanol–water partition coefficient (Wildman–Crippen LogP) is 4.01. The van der Waals surface area contributed by atoms with E-state index in [4.69, 9.17) is 9.26 Å². The zero-order valence-electron chi connectivity index (χ0n) is 19.8. The van der Waals surface area contributed by atoms with E-state index in [1.807, 2.05) is 24.3 Å². The van der Waals surface area contributed by atoms with E-state index in [1.54, 1.807) is 26.2 Å². The molecule has 34 heavy (non-hydrogen) atoms. The van der Waals surface area contributed by atoms with E-state index in [9.17, 15) is 13.2 Å². The van der Waals surface area contributed by atoms with E-state index in [0.717, 1.165) is 31.2 Å². The van der Waals surface area contributed by atoms with Crippen molar-refractivity contribution in [3.05, 3.63) is 41.3 Å². The van der Waals surface area contributed by atoms with E-state index >= 15 is 0 Å². The summed E-state index contributed by atoms with van der Waals surface area (Å²) in [5.74, 6) is 0.813. The van der Waals surface area contributed by atoms with Crippen LogP contribution in [-0.2, 0) is 14.8 Å². The lowest BCUT2D eigenvalue weighted by molar-refractivity contribution is -0.127. The summed E-state index contributed by atoms with van der Waals surface area (Å²) in [4.78, 5) is 12.8. The highest BCUT2D eigenvalue weighted by molar-refractivity contribution is 7.89. The van der Waals surface area contributed by atoms with Crippen LogP contribution >= 0.6 is 0 Å². The number of hydrogen-bond acceptors (Lipinski definition) is 6. The van der Waals surface area contributed by atoms with Crippen LogP contribution in [0, 0.1) is 12.8 Å². The molecule has 2 aliphatic rings. The summed E-state index contributed by atoms with van der Waals surface area (Å²) in [6, 6.07) is 7.69. The summed E-state index contributed by atoms with van der Waals surface area (Å²) in [6.07, 6.45) is 10.0. The van der Waals surface area contributed by atoms with E-state index in [0.29, 0.717) is 37.4 Å². The summed E-state index contributed by atoms with van der Waals surface area (Å²) in [5.41, 5.74) is 1.17. The maximum Gasteiger partial charge on any atom is 0.248 e. The lowest BCUT2D eigenvalue weighted by atomic mass is 9.93. The lowest BCUT2D eigenvalue weighted by Gasteiger charge is -2.32. The first-order valence-corrected chi connectivity index (χ1v) is 13.4. The first kappa shape index (κ1) is 24.5. The van der Waals surface area contributed by atoms with Crippen molar-refractivity contribution < 1.29 is 22.5 Å². The van der Waals surface area contributed by atoms with Gasteiger partial charge in [-0.15, -0.1) is 0 Å². The van der Waals surface area contributed by atoms with E-state index < -0.39 is 10.0 Å². The quantitative estimate of drug-likeness (QED) is 0.633. The normalized spacial score (nSPS) is 18.9. The lowest BCUT2D eigenvalue weighted by Crippen LogP contribution is -2.45. The van der Waals surface area contributed by atoms with E-state index in [2.05, 4.69) is 10.5 Å². The molecule has 8 nitrogen and oxygen atoms in total. The minimum Gasteiger partial charge on any atom is -0.497 e. The maximum atomic E-state index is 13.5. The Morgan fingerprint density at radius 3 is 2.59 bits per heavy atom. The molecule has 184 valence electrons. The number of piperidine rings is 1. The molecule has 2 fully saturated rings. The first-order chi connectivity index (χ1) is 16.4. The Labute approximate surface area is 201 Å². The van der Waals surface area contributed by atoms with Gasteiger partial charge in [0, 0.05) is 25.0 Å². The Balaban J connectivity index is 1.43. The number of benzene rings is 1. The molecule has 0 unspecified atom stereocenters. The number of aromatic nitrogens is 1. The molecule has 9 heteroatoms. The fourth-order valence-electron chi connectivity index (χ4n) is 4.77. The summed E-state index contributed by atoms with van der Waals surface area (Å²) < 4.78 is 39.0. The number of aryl methyl sites for hydroxylation is 1. The van der Waals surface area contributed by atoms with E-state index in [1.165, 1.54) is 10.7 Å². The van der Waals surface area contributed by atoms with Crippen molar-refractivity contribution in [2.45, 2.75) is 62.8 Å². The summed E-state index contributed by atoms with van der Waals surface area (Å²) in [5, 5.41) is 7.09. The smallest absolute Gasteiger partial charge is 0.248 e. The third-order valence-corrected chi connectivity index (χ3v) is 8.79. The molecule has 1 saturated carbocycles. The fraction of sp³-hybridized carbons (Fsp3) is 0.520. The van der Waals surface area contributed by atoms with Crippen molar-refractivity contribution in [3.63, 3.8) is 0 Å². The minimum atomic E-state index is -3.80. The number of methoxy groups -OCH3 is 1. The summed E-state index contributed by atoms with van der Waals surface area (Å²) in [6.45, 7) is 2.23. The van der Waals surface area contributed by atoms with Crippen molar-refractivity contribution in [1.82, 2.24) is 14.8 Å². The molecule has 1 aromatic carbocycles. The summed E-state index contributed by atoms with van der Waals surface area (Å²) >= 11 is 0. The second-order valence-electron chi connectivity index (χ2n) is 9.09. The molecule has 1 N–H and O–H groups in total. The Kier molecular flexibility index (Phi) is 7.73. The number of amides is 1. The number of hydrogen-bond donors (Lipinski definition) is 1. The van der Waals surface area contributed by atoms with Crippen LogP contribution in [0.5, 0.6) is 5.75 Å². The van der Waals surface area contributed by atoms with Gasteiger partial charge in [-0.2, -0.15) is 4.31 Å². The highest BCUT2D eigenvalue weighted by Crippen LogP contribution is 2.30. The largest absolute Gasteiger partial charge is 0.497 e. The van der Waals surface area contributed by atoms with Crippen LogP contribution in [0.1, 0.15) is 62.0 Å². The van der Waals surface area contributed by atoms with Crippen molar-refractivity contribution in [2.75, 3.05) is 20.2 Å². The zero-order chi connectivity index (χ0) is 24.1. The number of nitrogens with one attached hydrogen (secondary N) is 1. The standard InChI is InChI=1S/C25H33N3O5S/c1-18-24(23(33-27-18)12-11-19-7-6-10-22(17-19)32-2)34(30,31)28-15-13-20(14-16-28)25(29)26-21-8-4-3-5-9-21/h6-7,10-12,17,20-21H,3-5,8-9,13-16H2,1-2H3,(H,26,29). The Bertz CT molecular complexity index is 1130. The van der Waals surface area contributed by atoms with Gasteiger partial charge < -0.3 is 14.6 Å². The average molecular weight is 488 g/mol. The maximum absolute atomic E-state index is 13.5. The van der Waals surface area contributed by atoms with Gasteiger partial charge in [0.15, 0.2) is 10.7 Å². The van der Waals surface area contributed by atoms with Crippen LogP contribution in [0.2, 0.25) is 0 Å². The van der Waals surface area contributed by atoms with Gasteiger partial charge in [0.05, 0.1) is 7.11 Å². The Morgan fingerprint density at radius 2 is 1.88 bits per heavy atom. The van der Waals surface area contributed by atoms with Gasteiger partial charge in [-0.25, -0.2) is 8.42 Å². The van der Waals surface area contributed by atoms with Crippen LogP contribution in [0.25, 0.3) is 12.2 Å². The molecule has 1 amide bonds. The fourth-order valence-corrected chi connectivity index (χ4v) is 6.49. The molecule has 2 heterocycles. The van der Waals surface area contributed by atoms with Crippen LogP contribution in [0.4, 0.5) is 0 Å². The average Bonchev–Trinajstić information content (AvgIpc) is 3.24. The molecule has 1 aromatic heterocycles. The molecule has 0 bridgehead atoms. The first-order valence-electron chi connectivity index (χ1n) is 12.0. The number of ether oxygens (including phenoxy) is 1. The van der Waals surface area contributed by atoms with Crippen molar-refractivity contribution in [1.29, 1.82) is 0 Å². The molecule has 0 spiro atoms. The second-order valence-corrected chi connectivity index (χ2v) is 11.0. The molecule has 1 aliphatic heterocycles. The number of carbonyl (C=O) groups excluding carboxylic acids is 1. The minimum absolute atomic E-state index is 0.0621. The Hall–Kier alpha value is -2.65. The van der Waals surface area contributed by atoms with Gasteiger partial charge in [-0.05, 0) is 56.4 Å². The van der Waals surface area contributed by atoms with Crippen molar-refractivity contribution in [3.8, 4) is 5.75 Å². The zero-order valence-corrected chi connectivity index (χ0v) is 20.6. The SMILES string of the molecule is COc1cccc(C=Cc2onc(C)c2S(=O)(=O)N2CCC(C(=O)NC3CCCCC3)CC2)c1. The number of rotatable bonds is 7. The van der Waals surface area contributed by atoms with Gasteiger partial charge in [0.2, 0.25) is 15.9 Å². The van der Waals surface area contributed by atoms with Crippen LogP contribution in [-0.4, -0.2) is 50.0 Å². The highest BCUT2D eigenvalue weighted by Gasteiger charge is 2.36. The van der Waals surface area contributed by atoms with Crippen LogP contribution < -0.4 is 10.1 Å². The number of sulfonamides is 1. The van der Waals surface area contributed by atoms with E-state index in [-0.39, 0.29) is 28.5 Å². The molecular weight excluding hydrogens is 454 g/mol. The molecule has 4 rings (SSSR count). The van der Waals surface area contributed by atoms with Gasteiger partial charge in [0.1, 0.15) is 11.4 Å². The van der Waals surface area contributed by atoms with Gasteiger partial charge in [-0.1, -0.05) is 42.6 Å². The van der Waals surface area contributed by atoms with Crippen molar-refractivity contribution in [2.24, 2.45) is 5.92 Å². The molecule has 0 atom stereocenters. The molecular formula is C25H33N3O5S. The summed E-state index contributed by atoms with van der Waals surface area (Å²) in [7, 11) is -2.21. The third kappa shape index (κ3) is 5.52. The molecule has 1 aliphatic carbocycles. The molecule has 2 aromatic rings. The van der Waals surface area contributed by atoms with Crippen LogP contribution in [0.3, 0.4) is 0 Å².